The van der Waals surface area contributed by atoms with Crippen LogP contribution in [0.5, 0.6) is 0 Å². The summed E-state index contributed by atoms with van der Waals surface area (Å²) in [6, 6.07) is 0. The van der Waals surface area contributed by atoms with Crippen molar-refractivity contribution in [1.29, 1.82) is 0 Å². The number of nitrogens with zero attached hydrogens (tertiary/aromatic N) is 3. The highest BCUT2D eigenvalue weighted by atomic mass is 16.3. The first-order valence-corrected chi connectivity index (χ1v) is 5.28. The van der Waals surface area contributed by atoms with Gasteiger partial charge in [-0.05, 0) is 24.4 Å². The van der Waals surface area contributed by atoms with Gasteiger partial charge >= 0.3 is 0 Å². The minimum Gasteiger partial charge on any atom is -0.368 e. The molecule has 1 atom stereocenters. The lowest BCUT2D eigenvalue weighted by Crippen LogP contribution is -2.36. The average molecular weight is 221 g/mol. The topological polar surface area (TPSA) is 56.1 Å². The molecule has 0 saturated carbocycles. The maximum atomic E-state index is 10.5. The second-order valence-corrected chi connectivity index (χ2v) is 4.01. The van der Waals surface area contributed by atoms with Crippen molar-refractivity contribution >= 4 is 0 Å². The van der Waals surface area contributed by atoms with E-state index in [1.807, 2.05) is 7.05 Å². The number of aliphatic hydroxyl groups excluding tert-OH is 1. The Balaban J connectivity index is 2.14. The molecule has 0 bridgehead atoms. The quantitative estimate of drug-likeness (QED) is 0.707. The van der Waals surface area contributed by atoms with Crippen LogP contribution in [0.4, 0.5) is 0 Å². The van der Waals surface area contributed by atoms with Crippen LogP contribution in [0.2, 0.25) is 0 Å². The maximum absolute atomic E-state index is 10.5. The van der Waals surface area contributed by atoms with Crippen LogP contribution in [0.15, 0.2) is 41.0 Å². The van der Waals surface area contributed by atoms with Crippen LogP contribution in [0.3, 0.4) is 0 Å². The molecule has 0 aromatic heterocycles. The lowest BCUT2D eigenvalue weighted by Gasteiger charge is -2.33. The Morgan fingerprint density at radius 3 is 3.00 bits per heavy atom. The summed E-state index contributed by atoms with van der Waals surface area (Å²) in [4.78, 5) is 14.4. The Morgan fingerprint density at radius 2 is 2.38 bits per heavy atom. The second-order valence-electron chi connectivity index (χ2n) is 4.01. The SMILES string of the molecule is CN1CC=C(N2C=CC=C(N=O)C2O)CC1. The smallest absolute Gasteiger partial charge is 0.177 e. The van der Waals surface area contributed by atoms with E-state index in [2.05, 4.69) is 16.2 Å². The molecule has 2 aliphatic heterocycles. The summed E-state index contributed by atoms with van der Waals surface area (Å²) in [6.07, 6.45) is 7.01. The Labute approximate surface area is 94.3 Å². The van der Waals surface area contributed by atoms with Gasteiger partial charge in [0.15, 0.2) is 6.23 Å². The van der Waals surface area contributed by atoms with Crippen LogP contribution in [-0.4, -0.2) is 41.3 Å². The first-order chi connectivity index (χ1) is 7.72. The molecule has 86 valence electrons. The standard InChI is InChI=1S/C11H15N3O2/c1-13-7-4-9(5-8-13)14-6-2-3-10(12-16)11(14)15/h2-4,6,11,15H,5,7-8H2,1H3. The summed E-state index contributed by atoms with van der Waals surface area (Å²) < 4.78 is 0. The van der Waals surface area contributed by atoms with Gasteiger partial charge in [0, 0.05) is 31.4 Å². The van der Waals surface area contributed by atoms with Gasteiger partial charge in [0.2, 0.25) is 0 Å². The molecular weight excluding hydrogens is 206 g/mol. The maximum Gasteiger partial charge on any atom is 0.177 e. The number of allylic oxidation sites excluding steroid dienone is 2. The van der Waals surface area contributed by atoms with Gasteiger partial charge in [0.25, 0.3) is 0 Å². The minimum absolute atomic E-state index is 0.155. The summed E-state index contributed by atoms with van der Waals surface area (Å²) >= 11 is 0. The van der Waals surface area contributed by atoms with Crippen LogP contribution in [-0.2, 0) is 0 Å². The normalized spacial score (nSPS) is 26.4. The zero-order chi connectivity index (χ0) is 11.5. The Morgan fingerprint density at radius 1 is 1.56 bits per heavy atom. The largest absolute Gasteiger partial charge is 0.368 e. The third-order valence-corrected chi connectivity index (χ3v) is 2.87. The molecule has 0 radical (unpaired) electrons. The minimum atomic E-state index is -0.947. The van der Waals surface area contributed by atoms with Gasteiger partial charge in [-0.1, -0.05) is 6.08 Å². The highest BCUT2D eigenvalue weighted by Crippen LogP contribution is 2.23. The van der Waals surface area contributed by atoms with Crippen molar-refractivity contribution in [3.05, 3.63) is 40.7 Å². The fraction of sp³-hybridized carbons (Fsp3) is 0.455. The molecule has 2 aliphatic rings. The third-order valence-electron chi connectivity index (χ3n) is 2.87. The van der Waals surface area contributed by atoms with Crippen LogP contribution in [0.1, 0.15) is 6.42 Å². The van der Waals surface area contributed by atoms with Crippen molar-refractivity contribution in [3.8, 4) is 0 Å². The molecule has 1 unspecified atom stereocenters. The van der Waals surface area contributed by atoms with Gasteiger partial charge in [0.05, 0.1) is 0 Å². The molecule has 2 heterocycles. The number of aliphatic hydroxyl groups is 1. The molecule has 0 saturated heterocycles. The van der Waals surface area contributed by atoms with E-state index in [-0.39, 0.29) is 5.70 Å². The molecule has 0 spiro atoms. The van der Waals surface area contributed by atoms with Crippen molar-refractivity contribution in [3.63, 3.8) is 0 Å². The van der Waals surface area contributed by atoms with E-state index in [9.17, 15) is 10.0 Å². The van der Waals surface area contributed by atoms with Gasteiger partial charge < -0.3 is 14.9 Å². The van der Waals surface area contributed by atoms with Gasteiger partial charge in [-0.15, -0.1) is 4.91 Å². The lowest BCUT2D eigenvalue weighted by molar-refractivity contribution is 0.0839. The summed E-state index contributed by atoms with van der Waals surface area (Å²) in [5.41, 5.74) is 1.19. The molecular formula is C11H15N3O2. The van der Waals surface area contributed by atoms with E-state index in [0.29, 0.717) is 0 Å². The number of likely N-dealkylation sites (N-methyl/N-ethyl adjacent to an activating group) is 1. The zero-order valence-electron chi connectivity index (χ0n) is 9.21. The van der Waals surface area contributed by atoms with Crippen molar-refractivity contribution in [1.82, 2.24) is 9.80 Å². The molecule has 0 aliphatic carbocycles. The first-order valence-electron chi connectivity index (χ1n) is 5.28. The first kappa shape index (κ1) is 11.0. The molecule has 0 aromatic rings. The predicted molar refractivity (Wildman–Crippen MR) is 61.1 cm³/mol. The molecule has 0 amide bonds. The van der Waals surface area contributed by atoms with E-state index >= 15 is 0 Å². The highest BCUT2D eigenvalue weighted by molar-refractivity contribution is 5.25. The van der Waals surface area contributed by atoms with Crippen molar-refractivity contribution in [2.45, 2.75) is 12.6 Å². The number of hydrogen-bond acceptors (Lipinski definition) is 5. The summed E-state index contributed by atoms with van der Waals surface area (Å²) in [5.74, 6) is 0. The average Bonchev–Trinajstić information content (AvgIpc) is 2.31. The summed E-state index contributed by atoms with van der Waals surface area (Å²) in [5, 5.41) is 12.7. The number of hydrogen-bond donors (Lipinski definition) is 1. The van der Waals surface area contributed by atoms with E-state index in [4.69, 9.17) is 0 Å². The summed E-state index contributed by atoms with van der Waals surface area (Å²) in [6.45, 7) is 1.82. The number of rotatable bonds is 2. The monoisotopic (exact) mass is 221 g/mol. The molecule has 5 nitrogen and oxygen atoms in total. The van der Waals surface area contributed by atoms with Gasteiger partial charge in [-0.25, -0.2) is 0 Å². The Hall–Kier alpha value is -1.46. The van der Waals surface area contributed by atoms with E-state index < -0.39 is 6.23 Å². The predicted octanol–water partition coefficient (Wildman–Crippen LogP) is 1.00. The lowest BCUT2D eigenvalue weighted by atomic mass is 10.1. The van der Waals surface area contributed by atoms with Crippen molar-refractivity contribution in [2.75, 3.05) is 20.1 Å². The molecule has 0 aromatic carbocycles. The van der Waals surface area contributed by atoms with Crippen molar-refractivity contribution in [2.24, 2.45) is 5.18 Å². The second kappa shape index (κ2) is 4.59. The fourth-order valence-corrected chi connectivity index (χ4v) is 1.87. The third kappa shape index (κ3) is 2.05. The van der Waals surface area contributed by atoms with Gasteiger partial charge in [-0.3, -0.25) is 0 Å². The van der Waals surface area contributed by atoms with Crippen LogP contribution >= 0.6 is 0 Å². The fourth-order valence-electron chi connectivity index (χ4n) is 1.87. The number of nitroso groups, excluding NO2 is 1. The van der Waals surface area contributed by atoms with Gasteiger partial charge in [0.1, 0.15) is 5.70 Å². The molecule has 1 N–H and O–H groups in total. The highest BCUT2D eigenvalue weighted by Gasteiger charge is 2.24. The van der Waals surface area contributed by atoms with E-state index in [0.717, 1.165) is 25.2 Å². The summed E-state index contributed by atoms with van der Waals surface area (Å²) in [7, 11) is 2.05. The molecule has 5 heteroatoms. The Bertz CT molecular complexity index is 373. The van der Waals surface area contributed by atoms with Crippen LogP contribution < -0.4 is 0 Å². The molecule has 16 heavy (non-hydrogen) atoms. The van der Waals surface area contributed by atoms with Gasteiger partial charge in [-0.2, -0.15) is 0 Å². The zero-order valence-corrected chi connectivity index (χ0v) is 9.21. The van der Waals surface area contributed by atoms with E-state index in [1.165, 1.54) is 6.08 Å². The van der Waals surface area contributed by atoms with E-state index in [1.54, 1.807) is 17.2 Å². The Kier molecular flexibility index (Phi) is 3.17. The molecule has 0 fully saturated rings. The van der Waals surface area contributed by atoms with Crippen molar-refractivity contribution < 1.29 is 5.11 Å². The molecule has 2 rings (SSSR count). The van der Waals surface area contributed by atoms with Crippen LogP contribution in [0.25, 0.3) is 0 Å². The van der Waals surface area contributed by atoms with Crippen LogP contribution in [0, 0.1) is 4.91 Å².